The number of benzene rings is 1. The number of hydrogen-bond donors (Lipinski definition) is 1. The van der Waals surface area contributed by atoms with Gasteiger partial charge in [-0.3, -0.25) is 0 Å². The Morgan fingerprint density at radius 1 is 1.08 bits per heavy atom. The van der Waals surface area contributed by atoms with Crippen LogP contribution >= 0.6 is 48.0 Å². The number of hydrogen-bond acceptors (Lipinski definition) is 1. The summed E-state index contributed by atoms with van der Waals surface area (Å²) in [5.41, 5.74) is 0. The third kappa shape index (κ3) is 5.52. The zero-order valence-corrected chi connectivity index (χ0v) is 10.5. The van der Waals surface area contributed by atoms with Crippen LogP contribution in [0, 0.1) is 0 Å². The van der Waals surface area contributed by atoms with E-state index in [2.05, 4.69) is 0 Å². The second-order valence-corrected chi connectivity index (χ2v) is 2.44. The van der Waals surface area contributed by atoms with Gasteiger partial charge in [-0.05, 0) is 18.2 Å². The van der Waals surface area contributed by atoms with Gasteiger partial charge in [0.25, 0.3) is 0 Å². The Hall–Kier alpha value is 0.894. The van der Waals surface area contributed by atoms with Gasteiger partial charge in [0, 0.05) is 26.7 Å². The zero-order valence-electron chi connectivity index (χ0n) is 5.75. The molecule has 12 heavy (non-hydrogen) atoms. The third-order valence-electron chi connectivity index (χ3n) is 0.910. The van der Waals surface area contributed by atoms with Gasteiger partial charge in [0.15, 0.2) is 0 Å². The standard InChI is InChI=1S/C6H4Cl2O.2ClH.Ti/c7-4-1-2-6(9)5(8)3-4;;;/h1-3,9H;2*1H;. The van der Waals surface area contributed by atoms with Crippen molar-refractivity contribution in [3.63, 3.8) is 0 Å². The molecule has 1 aromatic carbocycles. The van der Waals surface area contributed by atoms with Crippen molar-refractivity contribution < 1.29 is 26.8 Å². The molecule has 0 unspecified atom stereocenters. The van der Waals surface area contributed by atoms with Crippen molar-refractivity contribution in [3.05, 3.63) is 28.2 Å². The molecule has 0 aliphatic rings. The Balaban J connectivity index is -0.000000270. The van der Waals surface area contributed by atoms with Crippen molar-refractivity contribution in [1.29, 1.82) is 0 Å². The molecule has 0 bridgehead atoms. The fourth-order valence-electron chi connectivity index (χ4n) is 0.481. The zero-order chi connectivity index (χ0) is 6.85. The van der Waals surface area contributed by atoms with Crippen molar-refractivity contribution in [3.8, 4) is 5.75 Å². The molecule has 6 heteroatoms. The summed E-state index contributed by atoms with van der Waals surface area (Å²) in [4.78, 5) is 0. The first kappa shape index (κ1) is 18.6. The fraction of sp³-hybridized carbons (Fsp3) is 0. The molecule has 1 N–H and O–H groups in total. The third-order valence-corrected chi connectivity index (χ3v) is 1.45. The summed E-state index contributed by atoms with van der Waals surface area (Å²) in [5.74, 6) is 0.0565. The second kappa shape index (κ2) is 8.49. The molecule has 0 amide bonds. The van der Waals surface area contributed by atoms with Crippen molar-refractivity contribution in [2.75, 3.05) is 0 Å². The predicted molar refractivity (Wildman–Crippen MR) is 52.6 cm³/mol. The first-order valence-corrected chi connectivity index (χ1v) is 3.10. The molecule has 0 saturated carbocycles. The fourth-order valence-corrected chi connectivity index (χ4v) is 0.890. The molecule has 0 saturated heterocycles. The Morgan fingerprint density at radius 3 is 1.92 bits per heavy atom. The Bertz CT molecular complexity index is 231. The number of phenolic OH excluding ortho intramolecular Hbond substituents is 1. The van der Waals surface area contributed by atoms with Crippen molar-refractivity contribution in [2.24, 2.45) is 0 Å². The summed E-state index contributed by atoms with van der Waals surface area (Å²) in [5, 5.41) is 9.66. The van der Waals surface area contributed by atoms with Crippen molar-refractivity contribution >= 4 is 48.0 Å². The molecule has 1 nitrogen and oxygen atoms in total. The maximum atomic E-state index is 8.85. The molecule has 0 fully saturated rings. The number of aromatic hydroxyl groups is 1. The summed E-state index contributed by atoms with van der Waals surface area (Å²) in [6, 6.07) is 4.51. The topological polar surface area (TPSA) is 20.2 Å². The Morgan fingerprint density at radius 2 is 1.58 bits per heavy atom. The van der Waals surface area contributed by atoms with E-state index >= 15 is 0 Å². The van der Waals surface area contributed by atoms with E-state index in [9.17, 15) is 0 Å². The van der Waals surface area contributed by atoms with Crippen LogP contribution in [-0.2, 0) is 21.7 Å². The van der Waals surface area contributed by atoms with Crippen LogP contribution in [0.2, 0.25) is 10.0 Å². The molecule has 0 aliphatic carbocycles. The van der Waals surface area contributed by atoms with E-state index in [0.29, 0.717) is 5.02 Å². The van der Waals surface area contributed by atoms with Gasteiger partial charge in [0.1, 0.15) is 5.75 Å². The summed E-state index contributed by atoms with van der Waals surface area (Å²) in [6.45, 7) is 0. The average molecular weight is 284 g/mol. The summed E-state index contributed by atoms with van der Waals surface area (Å²) >= 11 is 11.0. The molecule has 0 aliphatic heterocycles. The van der Waals surface area contributed by atoms with Crippen molar-refractivity contribution in [2.45, 2.75) is 0 Å². The van der Waals surface area contributed by atoms with Gasteiger partial charge in [0.05, 0.1) is 5.02 Å². The average Bonchev–Trinajstić information content (AvgIpc) is 1.80. The van der Waals surface area contributed by atoms with Gasteiger partial charge in [-0.1, -0.05) is 23.2 Å². The minimum absolute atomic E-state index is 0. The quantitative estimate of drug-likeness (QED) is 0.722. The Labute approximate surface area is 108 Å². The molecule has 0 spiro atoms. The molecule has 1 rings (SSSR count). The van der Waals surface area contributed by atoms with Gasteiger partial charge in [-0.2, -0.15) is 0 Å². The second-order valence-electron chi connectivity index (χ2n) is 1.60. The predicted octanol–water partition coefficient (Wildman–Crippen LogP) is 3.54. The molecular formula is C6H6Cl4OTi. The molecule has 0 radical (unpaired) electrons. The molecular weight excluding hydrogens is 278 g/mol. The van der Waals surface area contributed by atoms with E-state index in [1.807, 2.05) is 0 Å². The number of rotatable bonds is 0. The maximum Gasteiger partial charge on any atom is 0.134 e. The van der Waals surface area contributed by atoms with Crippen LogP contribution in [-0.4, -0.2) is 5.11 Å². The number of halogens is 4. The SMILES string of the molecule is Cl.Cl.Oc1ccc(Cl)cc1Cl.[Ti]. The van der Waals surface area contributed by atoms with Crippen LogP contribution in [0.3, 0.4) is 0 Å². The normalized spacial score (nSPS) is 7.17. The largest absolute Gasteiger partial charge is 0.506 e. The van der Waals surface area contributed by atoms with E-state index in [1.165, 1.54) is 12.1 Å². The van der Waals surface area contributed by atoms with Gasteiger partial charge < -0.3 is 5.11 Å². The van der Waals surface area contributed by atoms with Crippen LogP contribution in [0.5, 0.6) is 5.75 Å². The van der Waals surface area contributed by atoms with Gasteiger partial charge in [-0.25, -0.2) is 0 Å². The van der Waals surface area contributed by atoms with Crippen LogP contribution in [0.25, 0.3) is 0 Å². The minimum atomic E-state index is 0. The smallest absolute Gasteiger partial charge is 0.134 e. The summed E-state index contributed by atoms with van der Waals surface area (Å²) < 4.78 is 0. The maximum absolute atomic E-state index is 8.85. The summed E-state index contributed by atoms with van der Waals surface area (Å²) in [7, 11) is 0. The van der Waals surface area contributed by atoms with E-state index < -0.39 is 0 Å². The van der Waals surface area contributed by atoms with Crippen molar-refractivity contribution in [1.82, 2.24) is 0 Å². The van der Waals surface area contributed by atoms with E-state index in [0.717, 1.165) is 0 Å². The van der Waals surface area contributed by atoms with Crippen LogP contribution in [0.4, 0.5) is 0 Å². The van der Waals surface area contributed by atoms with Crippen LogP contribution in [0.15, 0.2) is 18.2 Å². The first-order chi connectivity index (χ1) is 4.20. The first-order valence-electron chi connectivity index (χ1n) is 2.34. The summed E-state index contributed by atoms with van der Waals surface area (Å²) in [6.07, 6.45) is 0. The van der Waals surface area contributed by atoms with Gasteiger partial charge in [-0.15, -0.1) is 24.8 Å². The van der Waals surface area contributed by atoms with E-state index in [1.54, 1.807) is 6.07 Å². The molecule has 68 valence electrons. The monoisotopic (exact) mass is 282 g/mol. The number of phenols is 1. The molecule has 0 aromatic heterocycles. The van der Waals surface area contributed by atoms with Crippen LogP contribution < -0.4 is 0 Å². The van der Waals surface area contributed by atoms with Gasteiger partial charge >= 0.3 is 0 Å². The van der Waals surface area contributed by atoms with Gasteiger partial charge in [0.2, 0.25) is 0 Å². The van der Waals surface area contributed by atoms with E-state index in [4.69, 9.17) is 28.3 Å². The Kier molecular flexibility index (Phi) is 13.2. The minimum Gasteiger partial charge on any atom is -0.506 e. The molecule has 0 atom stereocenters. The van der Waals surface area contributed by atoms with Crippen LogP contribution in [0.1, 0.15) is 0 Å². The molecule has 1 aromatic rings. The molecule has 0 heterocycles. The van der Waals surface area contributed by atoms with E-state index in [-0.39, 0.29) is 57.3 Å².